The zero-order valence-electron chi connectivity index (χ0n) is 15.0. The second-order valence-electron chi connectivity index (χ2n) is 5.81. The monoisotopic (exact) mass is 400 g/mol. The average Bonchev–Trinajstić information content (AvgIpc) is 3.13. The number of nitrogens with one attached hydrogen (secondary N) is 1. The predicted molar refractivity (Wildman–Crippen MR) is 103 cm³/mol. The van der Waals surface area contributed by atoms with Crippen LogP contribution in [-0.4, -0.2) is 16.9 Å². The molecule has 0 spiro atoms. The van der Waals surface area contributed by atoms with E-state index in [1.165, 1.54) is 30.4 Å². The molecular weight excluding hydrogens is 383 g/mol. The van der Waals surface area contributed by atoms with Crippen LogP contribution in [0.3, 0.4) is 0 Å². The highest BCUT2D eigenvalue weighted by Gasteiger charge is 2.11. The van der Waals surface area contributed by atoms with E-state index in [2.05, 4.69) is 10.3 Å². The maximum absolute atomic E-state index is 12.9. The molecule has 0 saturated carbocycles. The van der Waals surface area contributed by atoms with Gasteiger partial charge in [0, 0.05) is 18.0 Å². The number of thiazole rings is 1. The molecule has 2 aromatic carbocycles. The van der Waals surface area contributed by atoms with Gasteiger partial charge in [-0.2, -0.15) is 0 Å². The number of halogens is 1. The summed E-state index contributed by atoms with van der Waals surface area (Å²) in [6.45, 7) is 1.66. The Morgan fingerprint density at radius 3 is 2.68 bits per heavy atom. The van der Waals surface area contributed by atoms with Gasteiger partial charge in [-0.25, -0.2) is 14.2 Å². The quantitative estimate of drug-likeness (QED) is 0.602. The molecule has 6 nitrogen and oxygen atoms in total. The van der Waals surface area contributed by atoms with Crippen molar-refractivity contribution in [3.63, 3.8) is 0 Å². The SMILES string of the molecule is CC(=O)Nc1cccc(C(=O)OCc2csc(COc3ccc(F)cc3)n2)c1. The smallest absolute Gasteiger partial charge is 0.338 e. The Labute approximate surface area is 164 Å². The third-order valence-electron chi connectivity index (χ3n) is 3.55. The van der Waals surface area contributed by atoms with E-state index in [1.807, 2.05) is 0 Å². The standard InChI is InChI=1S/C20H17FN2O4S/c1-13(24)22-16-4-2-3-14(9-16)20(25)27-10-17-12-28-19(23-17)11-26-18-7-5-15(21)6-8-18/h2-9,12H,10-11H2,1H3,(H,22,24). The molecule has 1 amide bonds. The average molecular weight is 400 g/mol. The molecule has 1 N–H and O–H groups in total. The summed E-state index contributed by atoms with van der Waals surface area (Å²) in [5, 5.41) is 5.11. The van der Waals surface area contributed by atoms with Crippen molar-refractivity contribution in [1.29, 1.82) is 0 Å². The molecule has 0 aliphatic rings. The van der Waals surface area contributed by atoms with Crippen LogP contribution in [0.15, 0.2) is 53.9 Å². The zero-order valence-corrected chi connectivity index (χ0v) is 15.8. The summed E-state index contributed by atoms with van der Waals surface area (Å²) in [5.74, 6) is -0.510. The lowest BCUT2D eigenvalue weighted by molar-refractivity contribution is -0.114. The molecule has 1 aromatic heterocycles. The first-order valence-electron chi connectivity index (χ1n) is 8.36. The van der Waals surface area contributed by atoms with E-state index in [4.69, 9.17) is 9.47 Å². The van der Waals surface area contributed by atoms with Gasteiger partial charge in [0.05, 0.1) is 11.3 Å². The summed E-state index contributed by atoms with van der Waals surface area (Å²) in [5.41, 5.74) is 1.46. The molecule has 0 bridgehead atoms. The molecule has 0 saturated heterocycles. The van der Waals surface area contributed by atoms with Crippen LogP contribution >= 0.6 is 11.3 Å². The van der Waals surface area contributed by atoms with Gasteiger partial charge in [0.2, 0.25) is 5.91 Å². The number of amides is 1. The van der Waals surface area contributed by atoms with E-state index in [0.717, 1.165) is 0 Å². The van der Waals surface area contributed by atoms with Crippen molar-refractivity contribution in [2.45, 2.75) is 20.1 Å². The number of nitrogens with zero attached hydrogens (tertiary/aromatic N) is 1. The van der Waals surface area contributed by atoms with Crippen molar-refractivity contribution in [2.75, 3.05) is 5.32 Å². The number of aromatic nitrogens is 1. The molecule has 28 heavy (non-hydrogen) atoms. The Bertz CT molecular complexity index is 972. The Morgan fingerprint density at radius 2 is 1.93 bits per heavy atom. The van der Waals surface area contributed by atoms with Crippen LogP contribution in [0.2, 0.25) is 0 Å². The first-order chi connectivity index (χ1) is 13.5. The Morgan fingerprint density at radius 1 is 1.14 bits per heavy atom. The Kier molecular flexibility index (Phi) is 6.33. The van der Waals surface area contributed by atoms with E-state index >= 15 is 0 Å². The summed E-state index contributed by atoms with van der Waals surface area (Å²) >= 11 is 1.38. The molecular formula is C20H17FN2O4S. The van der Waals surface area contributed by atoms with Crippen LogP contribution in [0.25, 0.3) is 0 Å². The minimum Gasteiger partial charge on any atom is -0.486 e. The topological polar surface area (TPSA) is 77.5 Å². The fourth-order valence-corrected chi connectivity index (χ4v) is 3.00. The minimum atomic E-state index is -0.510. The third kappa shape index (κ3) is 5.62. The molecule has 3 rings (SSSR count). The van der Waals surface area contributed by atoms with Gasteiger partial charge in [0.25, 0.3) is 0 Å². The number of hydrogen-bond acceptors (Lipinski definition) is 6. The van der Waals surface area contributed by atoms with E-state index in [0.29, 0.717) is 27.7 Å². The van der Waals surface area contributed by atoms with E-state index in [1.54, 1.807) is 41.8 Å². The van der Waals surface area contributed by atoms with Gasteiger partial charge in [-0.3, -0.25) is 4.79 Å². The number of carbonyl (C=O) groups excluding carboxylic acids is 2. The molecule has 0 atom stereocenters. The van der Waals surface area contributed by atoms with Gasteiger partial charge in [-0.15, -0.1) is 11.3 Å². The number of hydrogen-bond donors (Lipinski definition) is 1. The number of carbonyl (C=O) groups is 2. The summed E-state index contributed by atoms with van der Waals surface area (Å²) in [6.07, 6.45) is 0. The fourth-order valence-electron chi connectivity index (χ4n) is 2.31. The van der Waals surface area contributed by atoms with Crippen LogP contribution in [0.1, 0.15) is 28.0 Å². The Balaban J connectivity index is 1.51. The van der Waals surface area contributed by atoms with Crippen molar-refractivity contribution >= 4 is 28.9 Å². The van der Waals surface area contributed by atoms with Gasteiger partial charge in [0.15, 0.2) is 0 Å². The van der Waals surface area contributed by atoms with Gasteiger partial charge < -0.3 is 14.8 Å². The van der Waals surface area contributed by atoms with Crippen molar-refractivity contribution < 1.29 is 23.5 Å². The molecule has 0 aliphatic heterocycles. The summed E-state index contributed by atoms with van der Waals surface area (Å²) in [6, 6.07) is 12.2. The van der Waals surface area contributed by atoms with E-state index in [9.17, 15) is 14.0 Å². The maximum Gasteiger partial charge on any atom is 0.338 e. The number of esters is 1. The third-order valence-corrected chi connectivity index (χ3v) is 4.42. The van der Waals surface area contributed by atoms with E-state index in [-0.39, 0.29) is 24.9 Å². The molecule has 144 valence electrons. The predicted octanol–water partition coefficient (Wildman–Crippen LogP) is 4.18. The number of benzene rings is 2. The molecule has 0 aliphatic carbocycles. The molecule has 3 aromatic rings. The molecule has 1 heterocycles. The lowest BCUT2D eigenvalue weighted by atomic mass is 10.2. The first kappa shape index (κ1) is 19.5. The van der Waals surface area contributed by atoms with Crippen LogP contribution < -0.4 is 10.1 Å². The minimum absolute atomic E-state index is 0.0241. The van der Waals surface area contributed by atoms with Crippen LogP contribution in [0.5, 0.6) is 5.75 Å². The highest BCUT2D eigenvalue weighted by molar-refractivity contribution is 7.09. The molecule has 0 fully saturated rings. The lowest BCUT2D eigenvalue weighted by Crippen LogP contribution is -2.09. The molecule has 8 heteroatoms. The largest absolute Gasteiger partial charge is 0.486 e. The van der Waals surface area contributed by atoms with Crippen molar-refractivity contribution in [3.05, 3.63) is 76.0 Å². The molecule has 0 unspecified atom stereocenters. The number of ether oxygens (including phenoxy) is 2. The van der Waals surface area contributed by atoms with Gasteiger partial charge >= 0.3 is 5.97 Å². The van der Waals surface area contributed by atoms with Crippen LogP contribution in [0, 0.1) is 5.82 Å². The number of rotatable bonds is 7. The summed E-state index contributed by atoms with van der Waals surface area (Å²) < 4.78 is 23.7. The van der Waals surface area contributed by atoms with Gasteiger partial charge in [0.1, 0.15) is 29.8 Å². The van der Waals surface area contributed by atoms with E-state index < -0.39 is 5.97 Å². The number of anilines is 1. The summed E-state index contributed by atoms with van der Waals surface area (Å²) in [4.78, 5) is 27.6. The second-order valence-corrected chi connectivity index (χ2v) is 6.76. The first-order valence-corrected chi connectivity index (χ1v) is 9.24. The second kappa shape index (κ2) is 9.09. The van der Waals surface area contributed by atoms with Crippen molar-refractivity contribution in [1.82, 2.24) is 4.98 Å². The Hall–Kier alpha value is -3.26. The van der Waals surface area contributed by atoms with Crippen molar-refractivity contribution in [3.8, 4) is 5.75 Å². The van der Waals surface area contributed by atoms with Crippen molar-refractivity contribution in [2.24, 2.45) is 0 Å². The normalized spacial score (nSPS) is 10.4. The zero-order chi connectivity index (χ0) is 19.9. The van der Waals surface area contributed by atoms with Gasteiger partial charge in [-0.1, -0.05) is 6.07 Å². The fraction of sp³-hybridized carbons (Fsp3) is 0.150. The lowest BCUT2D eigenvalue weighted by Gasteiger charge is -2.06. The highest BCUT2D eigenvalue weighted by Crippen LogP contribution is 2.17. The van der Waals surface area contributed by atoms with Crippen LogP contribution in [0.4, 0.5) is 10.1 Å². The van der Waals surface area contributed by atoms with Crippen LogP contribution in [-0.2, 0) is 22.7 Å². The maximum atomic E-state index is 12.9. The molecule has 0 radical (unpaired) electrons. The summed E-state index contributed by atoms with van der Waals surface area (Å²) in [7, 11) is 0. The highest BCUT2D eigenvalue weighted by atomic mass is 32.1. The van der Waals surface area contributed by atoms with Gasteiger partial charge in [-0.05, 0) is 42.5 Å².